The first-order valence-corrected chi connectivity index (χ1v) is 2.23. The van der Waals surface area contributed by atoms with Crippen LogP contribution in [0.25, 0.3) is 0 Å². The van der Waals surface area contributed by atoms with E-state index in [2.05, 4.69) is 26.0 Å². The Balaban J connectivity index is -0.000000125. The van der Waals surface area contributed by atoms with Crippen molar-refractivity contribution in [1.29, 1.82) is 0 Å². The van der Waals surface area contributed by atoms with Gasteiger partial charge in [0.15, 0.2) is 0 Å². The Bertz CT molecular complexity index is 35.5. The molecule has 0 aromatic carbocycles. The summed E-state index contributed by atoms with van der Waals surface area (Å²) in [7, 11) is 0. The fraction of sp³-hybridized carbons (Fsp3) is 0.500. The summed E-state index contributed by atoms with van der Waals surface area (Å²) in [6.07, 6.45) is 6.95. The third-order valence-electron chi connectivity index (χ3n) is 0.577. The molecule has 2 heteroatoms. The van der Waals surface area contributed by atoms with E-state index in [1.807, 2.05) is 0 Å². The molecule has 8 heavy (non-hydrogen) atoms. The average molecular weight is 260 g/mol. The number of hydrogen-bond donors (Lipinski definition) is 0. The molecule has 0 aliphatic carbocycles. The predicted octanol–water partition coefficient (Wildman–Crippen LogP) is 1.97. The maximum Gasteiger partial charge on any atom is 0 e. The fourth-order valence-electron chi connectivity index (χ4n) is 0.246. The van der Waals surface area contributed by atoms with E-state index in [1.165, 1.54) is 0 Å². The molecule has 0 amide bonds. The second-order valence-corrected chi connectivity index (χ2v) is 1.15. The van der Waals surface area contributed by atoms with Crippen molar-refractivity contribution in [1.82, 2.24) is 0 Å². The van der Waals surface area contributed by atoms with Crippen molar-refractivity contribution in [2.24, 2.45) is 0 Å². The van der Waals surface area contributed by atoms with Gasteiger partial charge in [-0.1, -0.05) is 6.92 Å². The van der Waals surface area contributed by atoms with Gasteiger partial charge in [-0.25, -0.2) is 0 Å². The van der Waals surface area contributed by atoms with Gasteiger partial charge >= 0.3 is 0 Å². The second-order valence-electron chi connectivity index (χ2n) is 1.15. The molecule has 0 spiro atoms. The maximum atomic E-state index is 3.44. The van der Waals surface area contributed by atoms with Crippen LogP contribution in [0.2, 0.25) is 0 Å². The van der Waals surface area contributed by atoms with Gasteiger partial charge in [-0.15, -0.1) is 0 Å². The van der Waals surface area contributed by atoms with Crippen molar-refractivity contribution in [3.63, 3.8) is 0 Å². The summed E-state index contributed by atoms with van der Waals surface area (Å²) in [5, 5.41) is 0. The smallest absolute Gasteiger partial charge is 0 e. The van der Waals surface area contributed by atoms with Crippen LogP contribution >= 0.6 is 0 Å². The summed E-state index contributed by atoms with van der Waals surface area (Å²) in [6.45, 7) is 5.55. The van der Waals surface area contributed by atoms with Crippen LogP contribution in [0.15, 0.2) is 6.58 Å². The standard InChI is InChI=1S/C6H10.2Y/c1-3-5-6-4-2;;/h6H,1,4-5H2,2H3;;/q-2;;. The van der Waals surface area contributed by atoms with Crippen molar-refractivity contribution in [2.75, 3.05) is 0 Å². The summed E-state index contributed by atoms with van der Waals surface area (Å²) < 4.78 is 0. The molecule has 0 heterocycles. The van der Waals surface area contributed by atoms with Crippen LogP contribution in [0.3, 0.4) is 0 Å². The van der Waals surface area contributed by atoms with Gasteiger partial charge in [0, 0.05) is 65.4 Å². The molecule has 0 aromatic heterocycles. The maximum absolute atomic E-state index is 3.44. The van der Waals surface area contributed by atoms with Gasteiger partial charge in [0.25, 0.3) is 0 Å². The van der Waals surface area contributed by atoms with E-state index in [9.17, 15) is 0 Å². The molecule has 0 fully saturated rings. The van der Waals surface area contributed by atoms with Crippen molar-refractivity contribution in [3.8, 4) is 0 Å². The molecule has 0 saturated heterocycles. The van der Waals surface area contributed by atoms with Gasteiger partial charge in [0.05, 0.1) is 0 Å². The number of unbranched alkanes of at least 4 members (excludes halogenated alkanes) is 2. The average Bonchev–Trinajstić information content (AvgIpc) is 1.61. The molecular formula is C6H10Y2-2. The first-order chi connectivity index (χ1) is 2.91. The first kappa shape index (κ1) is 16.5. The van der Waals surface area contributed by atoms with Gasteiger partial charge in [-0.05, 0) is 0 Å². The predicted molar refractivity (Wildman–Crippen MR) is 28.1 cm³/mol. The second kappa shape index (κ2) is 16.0. The summed E-state index contributed by atoms with van der Waals surface area (Å²) in [4.78, 5) is 0. The molecule has 0 N–H and O–H groups in total. The van der Waals surface area contributed by atoms with E-state index >= 15 is 0 Å². The zero-order chi connectivity index (χ0) is 4.83. The van der Waals surface area contributed by atoms with Crippen molar-refractivity contribution < 1.29 is 65.4 Å². The van der Waals surface area contributed by atoms with E-state index in [-0.39, 0.29) is 65.4 Å². The molecule has 0 rings (SSSR count). The summed E-state index contributed by atoms with van der Waals surface area (Å²) in [6, 6.07) is 0. The Hall–Kier alpha value is 1.95. The number of allylic oxidation sites excluding steroid dienone is 1. The topological polar surface area (TPSA) is 0 Å². The van der Waals surface area contributed by atoms with Gasteiger partial charge in [0.1, 0.15) is 0 Å². The third kappa shape index (κ3) is 15.7. The largest absolute Gasteiger partial charge is 0.534 e. The molecule has 0 bridgehead atoms. The van der Waals surface area contributed by atoms with Crippen molar-refractivity contribution >= 4 is 0 Å². The Labute approximate surface area is 103 Å². The van der Waals surface area contributed by atoms with E-state index in [0.717, 1.165) is 12.8 Å². The van der Waals surface area contributed by atoms with Crippen LogP contribution in [0.1, 0.15) is 19.8 Å². The van der Waals surface area contributed by atoms with Gasteiger partial charge in [-0.2, -0.15) is 6.42 Å². The third-order valence-corrected chi connectivity index (χ3v) is 0.577. The molecule has 0 aliphatic rings. The minimum absolute atomic E-state index is 0. The Kier molecular flexibility index (Phi) is 33.0. The molecule has 0 atom stereocenters. The van der Waals surface area contributed by atoms with Crippen LogP contribution < -0.4 is 0 Å². The fourth-order valence-corrected chi connectivity index (χ4v) is 0.246. The van der Waals surface area contributed by atoms with E-state index in [4.69, 9.17) is 0 Å². The molecule has 2 radical (unpaired) electrons. The molecule has 42 valence electrons. The Morgan fingerprint density at radius 1 is 1.50 bits per heavy atom. The Morgan fingerprint density at radius 2 is 2.00 bits per heavy atom. The monoisotopic (exact) mass is 260 g/mol. The van der Waals surface area contributed by atoms with Crippen LogP contribution in [0, 0.1) is 12.5 Å². The van der Waals surface area contributed by atoms with Crippen LogP contribution in [-0.2, 0) is 65.4 Å². The van der Waals surface area contributed by atoms with Gasteiger partial charge in [-0.3, -0.25) is 6.58 Å². The zero-order valence-electron chi connectivity index (χ0n) is 5.35. The molecule has 0 aromatic rings. The first-order valence-electron chi connectivity index (χ1n) is 2.23. The van der Waals surface area contributed by atoms with Gasteiger partial charge in [0.2, 0.25) is 0 Å². The van der Waals surface area contributed by atoms with Crippen LogP contribution in [0.4, 0.5) is 0 Å². The minimum Gasteiger partial charge on any atom is -0.534 e. The summed E-state index contributed by atoms with van der Waals surface area (Å²) in [5.74, 6) is 0. The molecular weight excluding hydrogens is 250 g/mol. The van der Waals surface area contributed by atoms with E-state index < -0.39 is 0 Å². The van der Waals surface area contributed by atoms with Crippen LogP contribution in [-0.4, -0.2) is 0 Å². The summed E-state index contributed by atoms with van der Waals surface area (Å²) >= 11 is 0. The molecule has 0 aliphatic heterocycles. The van der Waals surface area contributed by atoms with E-state index in [1.54, 1.807) is 0 Å². The van der Waals surface area contributed by atoms with Crippen molar-refractivity contribution in [2.45, 2.75) is 19.8 Å². The number of hydrogen-bond acceptors (Lipinski definition) is 0. The SMILES string of the molecule is C=[C-]C[CH-]CC.[Y].[Y]. The molecule has 0 saturated carbocycles. The van der Waals surface area contributed by atoms with E-state index in [0.29, 0.717) is 0 Å². The van der Waals surface area contributed by atoms with Crippen LogP contribution in [0.5, 0.6) is 0 Å². The Morgan fingerprint density at radius 3 is 2.12 bits per heavy atom. The number of rotatable bonds is 3. The minimum atomic E-state index is 0. The van der Waals surface area contributed by atoms with Crippen molar-refractivity contribution in [3.05, 3.63) is 19.1 Å². The molecule has 0 unspecified atom stereocenters. The normalized spacial score (nSPS) is 6.12. The van der Waals surface area contributed by atoms with Gasteiger partial charge < -0.3 is 18.9 Å². The quantitative estimate of drug-likeness (QED) is 0.537. The summed E-state index contributed by atoms with van der Waals surface area (Å²) in [5.41, 5.74) is 0. The molecule has 0 nitrogen and oxygen atoms in total. The zero-order valence-corrected chi connectivity index (χ0v) is 11.0.